The summed E-state index contributed by atoms with van der Waals surface area (Å²) in [6, 6.07) is 12.8. The molecule has 4 nitrogen and oxygen atoms in total. The smallest absolute Gasteiger partial charge is 0.264 e. The zero-order chi connectivity index (χ0) is 20.5. The van der Waals surface area contributed by atoms with Crippen molar-refractivity contribution in [3.8, 4) is 0 Å². The van der Waals surface area contributed by atoms with Crippen LogP contribution in [0.4, 0.5) is 5.69 Å². The number of hydrogen-bond acceptors (Lipinski definition) is 3. The Kier molecular flexibility index (Phi) is 6.06. The van der Waals surface area contributed by atoms with Gasteiger partial charge in [-0.1, -0.05) is 67.4 Å². The molecular weight excluding hydrogens is 418 g/mol. The second-order valence-electron chi connectivity index (χ2n) is 7.71. The number of unbranched alkanes of at least 4 members (excludes halogenated alkanes) is 1. The summed E-state index contributed by atoms with van der Waals surface area (Å²) in [5.74, 6) is -0.281. The molecule has 0 saturated heterocycles. The van der Waals surface area contributed by atoms with Gasteiger partial charge in [0.1, 0.15) is 0 Å². The van der Waals surface area contributed by atoms with E-state index in [4.69, 9.17) is 0 Å². The fourth-order valence-electron chi connectivity index (χ4n) is 3.62. The number of carbonyl (C=O) groups is 2. The number of halogens is 1. The Labute approximate surface area is 174 Å². The fraction of sp³-hybridized carbons (Fsp3) is 0.391. The molecule has 0 unspecified atom stereocenters. The van der Waals surface area contributed by atoms with E-state index in [0.29, 0.717) is 29.3 Å². The van der Waals surface area contributed by atoms with Gasteiger partial charge in [0, 0.05) is 22.1 Å². The molecule has 1 aliphatic heterocycles. The number of ketones is 1. The molecule has 2 aromatic carbocycles. The Morgan fingerprint density at radius 1 is 1.18 bits per heavy atom. The first kappa shape index (κ1) is 20.7. The summed E-state index contributed by atoms with van der Waals surface area (Å²) in [6.45, 7) is 6.77. The highest BCUT2D eigenvalue weighted by molar-refractivity contribution is 9.10. The number of hydrogen-bond donors (Lipinski definition) is 1. The Balaban J connectivity index is 1.92. The summed E-state index contributed by atoms with van der Waals surface area (Å²) in [4.78, 5) is 27.6. The van der Waals surface area contributed by atoms with Crippen molar-refractivity contribution < 1.29 is 14.7 Å². The van der Waals surface area contributed by atoms with Gasteiger partial charge in [0.15, 0.2) is 11.4 Å². The first-order chi connectivity index (χ1) is 13.3. The van der Waals surface area contributed by atoms with Crippen LogP contribution in [0.25, 0.3) is 0 Å². The predicted molar refractivity (Wildman–Crippen MR) is 115 cm³/mol. The van der Waals surface area contributed by atoms with Gasteiger partial charge >= 0.3 is 0 Å². The summed E-state index contributed by atoms with van der Waals surface area (Å²) in [5.41, 5.74) is 1.00. The van der Waals surface area contributed by atoms with Crippen LogP contribution in [-0.4, -0.2) is 23.3 Å². The maximum atomic E-state index is 13.1. The number of aliphatic hydroxyl groups is 1. The maximum absolute atomic E-state index is 13.1. The van der Waals surface area contributed by atoms with E-state index in [-0.39, 0.29) is 12.2 Å². The van der Waals surface area contributed by atoms with Crippen LogP contribution in [0.2, 0.25) is 0 Å². The van der Waals surface area contributed by atoms with Crippen molar-refractivity contribution in [2.75, 3.05) is 11.4 Å². The van der Waals surface area contributed by atoms with Crippen LogP contribution in [0.1, 0.15) is 67.4 Å². The van der Waals surface area contributed by atoms with Gasteiger partial charge in [0.05, 0.1) is 12.1 Å². The Bertz CT molecular complexity index is 891. The largest absolute Gasteiger partial charge is 0.375 e. The number of amides is 1. The van der Waals surface area contributed by atoms with E-state index < -0.39 is 11.5 Å². The summed E-state index contributed by atoms with van der Waals surface area (Å²) in [6.07, 6.45) is 1.51. The molecule has 1 amide bonds. The number of fused-ring (bicyclic) bond motifs is 1. The minimum atomic E-state index is -1.83. The minimum Gasteiger partial charge on any atom is -0.375 e. The van der Waals surface area contributed by atoms with Crippen LogP contribution in [-0.2, 0) is 10.4 Å². The minimum absolute atomic E-state index is 0.241. The van der Waals surface area contributed by atoms with Crippen molar-refractivity contribution in [3.05, 3.63) is 63.6 Å². The summed E-state index contributed by atoms with van der Waals surface area (Å²) in [7, 11) is 0. The van der Waals surface area contributed by atoms with Crippen molar-refractivity contribution in [2.24, 2.45) is 0 Å². The van der Waals surface area contributed by atoms with Gasteiger partial charge in [-0.25, -0.2) is 0 Å². The number of anilines is 1. The molecule has 1 N–H and O–H groups in total. The molecule has 5 heteroatoms. The molecule has 28 heavy (non-hydrogen) atoms. The van der Waals surface area contributed by atoms with Crippen LogP contribution in [0.3, 0.4) is 0 Å². The van der Waals surface area contributed by atoms with Gasteiger partial charge in [0.2, 0.25) is 0 Å². The fourth-order valence-corrected chi connectivity index (χ4v) is 3.98. The molecule has 148 valence electrons. The molecule has 1 heterocycles. The second-order valence-corrected chi connectivity index (χ2v) is 8.62. The van der Waals surface area contributed by atoms with E-state index in [2.05, 4.69) is 36.7 Å². The average Bonchev–Trinajstić information content (AvgIpc) is 2.87. The molecule has 0 saturated carbocycles. The van der Waals surface area contributed by atoms with E-state index in [0.717, 1.165) is 22.9 Å². The number of nitrogens with zero attached hydrogens (tertiary/aromatic N) is 1. The SMILES string of the molecule is CCCCN1C(=O)[C@@](O)(CC(=O)c2ccc(C(C)C)cc2)c2cc(Br)ccc21. The first-order valence-corrected chi connectivity index (χ1v) is 10.5. The highest BCUT2D eigenvalue weighted by Crippen LogP contribution is 2.44. The molecule has 0 radical (unpaired) electrons. The second kappa shape index (κ2) is 8.18. The number of Topliss-reactive ketones (excluding diaryl/α,β-unsaturated/α-hetero) is 1. The topological polar surface area (TPSA) is 57.6 Å². The molecule has 3 rings (SSSR count). The van der Waals surface area contributed by atoms with E-state index >= 15 is 0 Å². The molecule has 0 aliphatic carbocycles. The zero-order valence-corrected chi connectivity index (χ0v) is 18.1. The molecule has 0 fully saturated rings. The molecule has 1 atom stereocenters. The quantitative estimate of drug-likeness (QED) is 0.599. The zero-order valence-electron chi connectivity index (χ0n) is 16.5. The van der Waals surface area contributed by atoms with E-state index in [1.807, 2.05) is 24.3 Å². The molecular formula is C23H26BrNO3. The van der Waals surface area contributed by atoms with E-state index in [1.54, 1.807) is 23.1 Å². The highest BCUT2D eigenvalue weighted by atomic mass is 79.9. The normalized spacial score (nSPS) is 18.6. The summed E-state index contributed by atoms with van der Waals surface area (Å²) in [5, 5.41) is 11.3. The average molecular weight is 444 g/mol. The lowest BCUT2D eigenvalue weighted by Gasteiger charge is -2.23. The lowest BCUT2D eigenvalue weighted by atomic mass is 9.87. The van der Waals surface area contributed by atoms with Crippen molar-refractivity contribution >= 4 is 33.3 Å². The Morgan fingerprint density at radius 3 is 2.46 bits per heavy atom. The van der Waals surface area contributed by atoms with Crippen molar-refractivity contribution in [2.45, 2.75) is 51.6 Å². The van der Waals surface area contributed by atoms with Crippen molar-refractivity contribution in [1.29, 1.82) is 0 Å². The van der Waals surface area contributed by atoms with Crippen LogP contribution >= 0.6 is 15.9 Å². The van der Waals surface area contributed by atoms with Crippen LogP contribution in [0.15, 0.2) is 46.9 Å². The third-order valence-corrected chi connectivity index (χ3v) is 5.84. The lowest BCUT2D eigenvalue weighted by molar-refractivity contribution is -0.135. The van der Waals surface area contributed by atoms with E-state index in [9.17, 15) is 14.7 Å². The predicted octanol–water partition coefficient (Wildman–Crippen LogP) is 5.18. The van der Waals surface area contributed by atoms with Crippen LogP contribution in [0, 0.1) is 0 Å². The summed E-state index contributed by atoms with van der Waals surface area (Å²) < 4.78 is 0.767. The Hall–Kier alpha value is -1.98. The molecule has 0 aromatic heterocycles. The van der Waals surface area contributed by atoms with E-state index in [1.165, 1.54) is 0 Å². The van der Waals surface area contributed by atoms with Crippen molar-refractivity contribution in [1.82, 2.24) is 0 Å². The van der Waals surface area contributed by atoms with Gasteiger partial charge in [-0.05, 0) is 36.1 Å². The maximum Gasteiger partial charge on any atom is 0.264 e. The lowest BCUT2D eigenvalue weighted by Crippen LogP contribution is -2.42. The van der Waals surface area contributed by atoms with Crippen LogP contribution < -0.4 is 4.90 Å². The molecule has 0 bridgehead atoms. The monoisotopic (exact) mass is 443 g/mol. The summed E-state index contributed by atoms with van der Waals surface area (Å²) >= 11 is 3.42. The first-order valence-electron chi connectivity index (χ1n) is 9.75. The molecule has 1 aliphatic rings. The van der Waals surface area contributed by atoms with Crippen LogP contribution in [0.5, 0.6) is 0 Å². The standard InChI is InChI=1S/C23H26BrNO3/c1-4-5-12-25-20-11-10-18(24)13-19(20)23(28,22(25)27)14-21(26)17-8-6-16(7-9-17)15(2)3/h6-11,13,15,28H,4-5,12,14H2,1-3H3/t23-/m1/s1. The van der Waals surface area contributed by atoms with Crippen molar-refractivity contribution in [3.63, 3.8) is 0 Å². The highest BCUT2D eigenvalue weighted by Gasteiger charge is 2.50. The molecule has 0 spiro atoms. The Morgan fingerprint density at radius 2 is 1.86 bits per heavy atom. The third-order valence-electron chi connectivity index (χ3n) is 5.34. The van der Waals surface area contributed by atoms with Gasteiger partial charge in [0.25, 0.3) is 5.91 Å². The number of carbonyl (C=O) groups excluding carboxylic acids is 2. The van der Waals surface area contributed by atoms with Gasteiger partial charge in [-0.15, -0.1) is 0 Å². The number of rotatable bonds is 7. The third kappa shape index (κ3) is 3.78. The van der Waals surface area contributed by atoms with Gasteiger partial charge in [-0.3, -0.25) is 9.59 Å². The van der Waals surface area contributed by atoms with Gasteiger partial charge in [-0.2, -0.15) is 0 Å². The van der Waals surface area contributed by atoms with Gasteiger partial charge < -0.3 is 10.0 Å². The number of benzene rings is 2. The molecule has 2 aromatic rings.